The molecular formula is C24H25N3O2. The van der Waals surface area contributed by atoms with E-state index in [4.69, 9.17) is 10.5 Å². The lowest BCUT2D eigenvalue weighted by Crippen LogP contribution is -2.32. The van der Waals surface area contributed by atoms with Crippen LogP contribution in [0.5, 0.6) is 5.75 Å². The van der Waals surface area contributed by atoms with Crippen LogP contribution < -0.4 is 20.7 Å². The molecule has 4 rings (SSSR count). The van der Waals surface area contributed by atoms with Gasteiger partial charge in [0.2, 0.25) is 0 Å². The van der Waals surface area contributed by atoms with Crippen molar-refractivity contribution in [3.63, 3.8) is 0 Å². The minimum absolute atomic E-state index is 0.0319. The molecule has 1 aliphatic rings. The lowest BCUT2D eigenvalue weighted by atomic mass is 10.0. The summed E-state index contributed by atoms with van der Waals surface area (Å²) < 4.78 is 5.61. The Morgan fingerprint density at radius 1 is 1.10 bits per heavy atom. The van der Waals surface area contributed by atoms with Crippen molar-refractivity contribution in [1.82, 2.24) is 0 Å². The summed E-state index contributed by atoms with van der Waals surface area (Å²) in [5.74, 6) is 0.630. The molecule has 1 atom stereocenters. The largest absolute Gasteiger partial charge is 0.496 e. The van der Waals surface area contributed by atoms with Crippen molar-refractivity contribution >= 4 is 23.0 Å². The topological polar surface area (TPSA) is 67.6 Å². The van der Waals surface area contributed by atoms with Crippen LogP contribution in [0.25, 0.3) is 11.1 Å². The van der Waals surface area contributed by atoms with Gasteiger partial charge in [0.05, 0.1) is 18.5 Å². The Morgan fingerprint density at radius 3 is 2.62 bits per heavy atom. The van der Waals surface area contributed by atoms with E-state index < -0.39 is 0 Å². The van der Waals surface area contributed by atoms with Crippen molar-refractivity contribution in [2.45, 2.75) is 19.4 Å². The van der Waals surface area contributed by atoms with E-state index in [2.05, 4.69) is 12.2 Å². The summed E-state index contributed by atoms with van der Waals surface area (Å²) >= 11 is 0. The Hall–Kier alpha value is -3.47. The predicted octanol–water partition coefficient (Wildman–Crippen LogP) is 4.80. The zero-order valence-electron chi connectivity index (χ0n) is 16.7. The molecule has 0 radical (unpaired) electrons. The molecule has 0 aromatic heterocycles. The highest BCUT2D eigenvalue weighted by Gasteiger charge is 2.25. The van der Waals surface area contributed by atoms with Gasteiger partial charge in [0.15, 0.2) is 0 Å². The van der Waals surface area contributed by atoms with E-state index in [1.165, 1.54) is 0 Å². The molecule has 1 aliphatic heterocycles. The number of fused-ring (bicyclic) bond motifs is 1. The minimum Gasteiger partial charge on any atom is -0.496 e. The molecule has 5 nitrogen and oxygen atoms in total. The van der Waals surface area contributed by atoms with Gasteiger partial charge in [0, 0.05) is 29.4 Å². The van der Waals surface area contributed by atoms with Gasteiger partial charge in [-0.3, -0.25) is 4.79 Å². The molecule has 0 fully saturated rings. The summed E-state index contributed by atoms with van der Waals surface area (Å²) in [6.45, 7) is 2.79. The van der Waals surface area contributed by atoms with Gasteiger partial charge in [-0.2, -0.15) is 0 Å². The van der Waals surface area contributed by atoms with Crippen LogP contribution in [0.15, 0.2) is 66.7 Å². The van der Waals surface area contributed by atoms with Crippen molar-refractivity contribution in [3.8, 4) is 16.9 Å². The molecule has 5 heteroatoms. The molecule has 3 aromatic rings. The lowest BCUT2D eigenvalue weighted by molar-refractivity contribution is 0.0986. The van der Waals surface area contributed by atoms with Gasteiger partial charge in [-0.1, -0.05) is 24.3 Å². The molecule has 0 unspecified atom stereocenters. The Morgan fingerprint density at radius 2 is 1.86 bits per heavy atom. The summed E-state index contributed by atoms with van der Waals surface area (Å²) in [5.41, 5.74) is 10.9. The monoisotopic (exact) mass is 387 g/mol. The molecule has 1 heterocycles. The van der Waals surface area contributed by atoms with Crippen molar-refractivity contribution < 1.29 is 9.53 Å². The van der Waals surface area contributed by atoms with Gasteiger partial charge in [-0.05, 0) is 61.4 Å². The molecule has 0 bridgehead atoms. The van der Waals surface area contributed by atoms with Crippen LogP contribution >= 0.6 is 0 Å². The maximum Gasteiger partial charge on any atom is 0.258 e. The van der Waals surface area contributed by atoms with Crippen LogP contribution in [0.1, 0.15) is 23.7 Å². The Labute approximate surface area is 171 Å². The Kier molecular flexibility index (Phi) is 5.12. The number of ether oxygens (including phenoxy) is 1. The first-order valence-corrected chi connectivity index (χ1v) is 9.78. The Bertz CT molecular complexity index is 1030. The van der Waals surface area contributed by atoms with Gasteiger partial charge < -0.3 is 20.7 Å². The van der Waals surface area contributed by atoms with Gasteiger partial charge in [-0.25, -0.2) is 0 Å². The van der Waals surface area contributed by atoms with Crippen LogP contribution in [0.3, 0.4) is 0 Å². The minimum atomic E-state index is -0.0319. The highest BCUT2D eigenvalue weighted by Crippen LogP contribution is 2.34. The van der Waals surface area contributed by atoms with E-state index in [1.807, 2.05) is 71.6 Å². The van der Waals surface area contributed by atoms with E-state index in [0.717, 1.165) is 28.9 Å². The van der Waals surface area contributed by atoms with E-state index in [1.54, 1.807) is 7.11 Å². The number of hydrogen-bond donors (Lipinski definition) is 2. The first-order chi connectivity index (χ1) is 14.1. The van der Waals surface area contributed by atoms with Crippen LogP contribution in [0.4, 0.5) is 17.1 Å². The SMILES string of the molecule is COc1cc(C(=O)N2CC[C@H](C)Nc3ccccc32)ccc1-c1ccc(N)cc1. The zero-order valence-corrected chi connectivity index (χ0v) is 16.7. The molecule has 1 amide bonds. The first kappa shape index (κ1) is 18.9. The average Bonchev–Trinajstić information content (AvgIpc) is 2.91. The van der Waals surface area contributed by atoms with Gasteiger partial charge in [0.25, 0.3) is 5.91 Å². The number of nitrogens with two attached hydrogens (primary N) is 1. The van der Waals surface area contributed by atoms with Crippen LogP contribution in [-0.4, -0.2) is 25.6 Å². The molecule has 29 heavy (non-hydrogen) atoms. The number of amides is 1. The molecule has 3 aromatic carbocycles. The molecule has 0 saturated carbocycles. The average molecular weight is 387 g/mol. The summed E-state index contributed by atoms with van der Waals surface area (Å²) in [7, 11) is 1.62. The van der Waals surface area contributed by atoms with Crippen LogP contribution in [-0.2, 0) is 0 Å². The third-order valence-corrected chi connectivity index (χ3v) is 5.30. The predicted molar refractivity (Wildman–Crippen MR) is 119 cm³/mol. The number of methoxy groups -OCH3 is 1. The highest BCUT2D eigenvalue weighted by molar-refractivity contribution is 6.08. The number of anilines is 3. The summed E-state index contributed by atoms with van der Waals surface area (Å²) in [4.78, 5) is 15.3. The van der Waals surface area contributed by atoms with Gasteiger partial charge >= 0.3 is 0 Å². The molecule has 0 aliphatic carbocycles. The third kappa shape index (κ3) is 3.76. The number of rotatable bonds is 3. The van der Waals surface area contributed by atoms with E-state index in [9.17, 15) is 4.79 Å². The second kappa shape index (κ2) is 7.87. The molecule has 3 N–H and O–H groups in total. The molecule has 148 valence electrons. The standard InChI is InChI=1S/C24H25N3O2/c1-16-13-14-27(22-6-4-3-5-21(22)26-16)24(28)18-9-12-20(23(15-18)29-2)17-7-10-19(25)11-8-17/h3-12,15-16,26H,13-14,25H2,1-2H3/t16-/m0/s1. The third-order valence-electron chi connectivity index (χ3n) is 5.30. The second-order valence-electron chi connectivity index (χ2n) is 7.35. The number of nitrogens with one attached hydrogen (secondary N) is 1. The maximum absolute atomic E-state index is 13.4. The molecule has 0 spiro atoms. The number of carbonyl (C=O) groups excluding carboxylic acids is 1. The van der Waals surface area contributed by atoms with E-state index in [-0.39, 0.29) is 5.91 Å². The molecule has 0 saturated heterocycles. The zero-order chi connectivity index (χ0) is 20.4. The molecular weight excluding hydrogens is 362 g/mol. The second-order valence-corrected chi connectivity index (χ2v) is 7.35. The fraction of sp³-hybridized carbons (Fsp3) is 0.208. The number of para-hydroxylation sites is 2. The number of hydrogen-bond acceptors (Lipinski definition) is 4. The number of carbonyl (C=O) groups is 1. The lowest BCUT2D eigenvalue weighted by Gasteiger charge is -2.23. The maximum atomic E-state index is 13.4. The fourth-order valence-corrected chi connectivity index (χ4v) is 3.70. The van der Waals surface area contributed by atoms with E-state index >= 15 is 0 Å². The van der Waals surface area contributed by atoms with Crippen molar-refractivity contribution in [3.05, 3.63) is 72.3 Å². The van der Waals surface area contributed by atoms with Crippen molar-refractivity contribution in [2.75, 3.05) is 29.6 Å². The van der Waals surface area contributed by atoms with E-state index in [0.29, 0.717) is 29.6 Å². The number of benzene rings is 3. The first-order valence-electron chi connectivity index (χ1n) is 9.78. The van der Waals surface area contributed by atoms with Crippen molar-refractivity contribution in [2.24, 2.45) is 0 Å². The smallest absolute Gasteiger partial charge is 0.258 e. The number of nitrogen functional groups attached to an aromatic ring is 1. The summed E-state index contributed by atoms with van der Waals surface area (Å²) in [5, 5.41) is 3.49. The van der Waals surface area contributed by atoms with Gasteiger partial charge in [0.1, 0.15) is 5.75 Å². The normalized spacial score (nSPS) is 15.8. The van der Waals surface area contributed by atoms with Crippen LogP contribution in [0, 0.1) is 0 Å². The van der Waals surface area contributed by atoms with Crippen molar-refractivity contribution in [1.29, 1.82) is 0 Å². The highest BCUT2D eigenvalue weighted by atomic mass is 16.5. The Balaban J connectivity index is 1.70. The summed E-state index contributed by atoms with van der Waals surface area (Å²) in [6, 6.07) is 21.5. The summed E-state index contributed by atoms with van der Waals surface area (Å²) in [6.07, 6.45) is 0.876. The fourth-order valence-electron chi connectivity index (χ4n) is 3.70. The van der Waals surface area contributed by atoms with Crippen LogP contribution in [0.2, 0.25) is 0 Å². The quantitative estimate of drug-likeness (QED) is 0.634. The number of nitrogens with zero attached hydrogens (tertiary/aromatic N) is 1. The van der Waals surface area contributed by atoms with Gasteiger partial charge in [-0.15, -0.1) is 0 Å².